The Morgan fingerprint density at radius 2 is 1.97 bits per heavy atom. The van der Waals surface area contributed by atoms with Gasteiger partial charge in [0, 0.05) is 5.39 Å². The zero-order chi connectivity index (χ0) is 22.1. The van der Waals surface area contributed by atoms with Gasteiger partial charge in [0.2, 0.25) is 0 Å². The van der Waals surface area contributed by atoms with E-state index in [2.05, 4.69) is 5.32 Å². The summed E-state index contributed by atoms with van der Waals surface area (Å²) in [6, 6.07) is 10.0. The Labute approximate surface area is 178 Å². The molecule has 0 aliphatic heterocycles. The monoisotopic (exact) mass is 426 g/mol. The van der Waals surface area contributed by atoms with E-state index >= 15 is 0 Å². The van der Waals surface area contributed by atoms with Gasteiger partial charge in [-0.3, -0.25) is 9.59 Å². The average molecular weight is 426 g/mol. The van der Waals surface area contributed by atoms with Gasteiger partial charge in [-0.2, -0.15) is 0 Å². The van der Waals surface area contributed by atoms with E-state index in [1.807, 2.05) is 6.92 Å². The first kappa shape index (κ1) is 21.0. The third-order valence-electron chi connectivity index (χ3n) is 5.59. The molecule has 0 saturated heterocycles. The molecule has 1 fully saturated rings. The van der Waals surface area contributed by atoms with E-state index in [1.165, 1.54) is 24.3 Å². The topological polar surface area (TPSA) is 60.3 Å². The molecule has 1 heterocycles. The van der Waals surface area contributed by atoms with Crippen LogP contribution in [0.4, 0.5) is 8.78 Å². The summed E-state index contributed by atoms with van der Waals surface area (Å²) < 4.78 is 29.4. The van der Waals surface area contributed by atoms with Crippen molar-refractivity contribution >= 4 is 16.7 Å². The Balaban J connectivity index is 1.81. The molecule has 0 spiro atoms. The summed E-state index contributed by atoms with van der Waals surface area (Å²) in [5.41, 5.74) is 0.508. The molecule has 0 radical (unpaired) electrons. The first-order chi connectivity index (χ1) is 14.9. The molecule has 1 N–H and O–H groups in total. The van der Waals surface area contributed by atoms with Crippen LogP contribution in [0, 0.1) is 24.5 Å². The Morgan fingerprint density at radius 1 is 1.23 bits per heavy atom. The van der Waals surface area contributed by atoms with Crippen molar-refractivity contribution in [1.82, 2.24) is 10.0 Å². The van der Waals surface area contributed by atoms with E-state index in [9.17, 15) is 18.4 Å². The molecule has 1 aromatic heterocycles. The Bertz CT molecular complexity index is 1200. The Kier molecular flexibility index (Phi) is 5.76. The van der Waals surface area contributed by atoms with E-state index in [-0.39, 0.29) is 40.7 Å². The van der Waals surface area contributed by atoms with Gasteiger partial charge < -0.3 is 10.2 Å². The van der Waals surface area contributed by atoms with Crippen LogP contribution in [0.2, 0.25) is 0 Å². The van der Waals surface area contributed by atoms with Crippen molar-refractivity contribution in [3.05, 3.63) is 81.3 Å². The van der Waals surface area contributed by atoms with Crippen LogP contribution >= 0.6 is 0 Å². The van der Waals surface area contributed by atoms with Gasteiger partial charge >= 0.3 is 0 Å². The van der Waals surface area contributed by atoms with Gasteiger partial charge in [0.05, 0.1) is 22.7 Å². The highest BCUT2D eigenvalue weighted by Crippen LogP contribution is 2.41. The minimum atomic E-state index is -0.714. The zero-order valence-corrected chi connectivity index (χ0v) is 17.5. The first-order valence-electron chi connectivity index (χ1n) is 10.5. The Morgan fingerprint density at radius 3 is 2.65 bits per heavy atom. The molecule has 2 aromatic carbocycles. The number of nitrogens with zero attached hydrogens (tertiary/aromatic N) is 1. The zero-order valence-electron chi connectivity index (χ0n) is 17.5. The van der Waals surface area contributed by atoms with Crippen LogP contribution in [0.25, 0.3) is 10.8 Å². The number of pyridine rings is 1. The minimum absolute atomic E-state index is 0.173. The number of hydrogen-bond donors (Lipinski definition) is 1. The predicted octanol–water partition coefficient (Wildman–Crippen LogP) is 4.31. The largest absolute Gasteiger partial charge is 0.411 e. The maximum Gasteiger partial charge on any atom is 0.294 e. The molecule has 5 nitrogen and oxygen atoms in total. The van der Waals surface area contributed by atoms with Crippen LogP contribution in [-0.2, 0) is 0 Å². The van der Waals surface area contributed by atoms with Crippen molar-refractivity contribution in [3.8, 4) is 0 Å². The Hall–Kier alpha value is -3.22. The van der Waals surface area contributed by atoms with E-state index < -0.39 is 17.3 Å². The van der Waals surface area contributed by atoms with Gasteiger partial charge in [0.25, 0.3) is 11.5 Å². The number of halogens is 2. The third kappa shape index (κ3) is 4.04. The summed E-state index contributed by atoms with van der Waals surface area (Å²) in [4.78, 5) is 31.8. The van der Waals surface area contributed by atoms with Crippen LogP contribution in [0.15, 0.2) is 47.3 Å². The molecule has 162 valence electrons. The van der Waals surface area contributed by atoms with Crippen molar-refractivity contribution in [3.63, 3.8) is 0 Å². The van der Waals surface area contributed by atoms with E-state index in [1.54, 1.807) is 25.1 Å². The first-order valence-corrected chi connectivity index (χ1v) is 10.5. The second-order valence-electron chi connectivity index (χ2n) is 7.90. The second-order valence-corrected chi connectivity index (χ2v) is 7.90. The van der Waals surface area contributed by atoms with E-state index in [0.717, 1.165) is 17.6 Å². The molecule has 1 aliphatic rings. The van der Waals surface area contributed by atoms with Gasteiger partial charge in [0.15, 0.2) is 0 Å². The van der Waals surface area contributed by atoms with Crippen molar-refractivity contribution < 1.29 is 18.4 Å². The number of fused-ring (bicyclic) bond motifs is 1. The number of carbonyl (C=O) groups excluding carboxylic acids is 1. The number of nitrogens with one attached hydrogen (secondary N) is 1. The highest BCUT2D eigenvalue weighted by Gasteiger charge is 2.35. The number of benzene rings is 2. The lowest BCUT2D eigenvalue weighted by molar-refractivity contribution is 0.0889. The van der Waals surface area contributed by atoms with Crippen LogP contribution in [-0.4, -0.2) is 17.2 Å². The third-order valence-corrected chi connectivity index (χ3v) is 5.59. The molecule has 1 saturated carbocycles. The number of hydrogen-bond acceptors (Lipinski definition) is 3. The average Bonchev–Trinajstić information content (AvgIpc) is 3.57. The molecule has 1 amide bonds. The predicted molar refractivity (Wildman–Crippen MR) is 114 cm³/mol. The molecule has 0 unspecified atom stereocenters. The maximum absolute atomic E-state index is 14.6. The lowest BCUT2D eigenvalue weighted by atomic mass is 9.99. The fourth-order valence-electron chi connectivity index (χ4n) is 3.94. The number of amides is 1. The molecule has 31 heavy (non-hydrogen) atoms. The van der Waals surface area contributed by atoms with Gasteiger partial charge in [-0.05, 0) is 55.9 Å². The fourth-order valence-corrected chi connectivity index (χ4v) is 3.94. The molecule has 1 aliphatic carbocycles. The molecular formula is C24H24F2N2O3. The van der Waals surface area contributed by atoms with Crippen molar-refractivity contribution in [2.24, 2.45) is 5.92 Å². The van der Waals surface area contributed by atoms with Crippen LogP contribution < -0.4 is 15.7 Å². The standard InChI is InChI=1S/C24H24F2N2O3/c1-3-12-31-28-14(2)20(18-8-5-9-19(26)21(18)24(28)30)23(29)27-22(15-10-11-15)16-6-4-7-17(25)13-16/h4-9,13,15,22H,3,10-12H2,1-2H3,(H,27,29)/t22-/m0/s1. The molecule has 3 aromatic rings. The fraction of sp³-hybridized carbons (Fsp3) is 0.333. The summed E-state index contributed by atoms with van der Waals surface area (Å²) in [6.07, 6.45) is 2.50. The molecule has 4 rings (SSSR count). The van der Waals surface area contributed by atoms with Gasteiger partial charge in [-0.25, -0.2) is 8.78 Å². The number of carbonyl (C=O) groups is 1. The minimum Gasteiger partial charge on any atom is -0.411 e. The second kappa shape index (κ2) is 8.49. The van der Waals surface area contributed by atoms with Crippen LogP contribution in [0.1, 0.15) is 53.8 Å². The van der Waals surface area contributed by atoms with Crippen molar-refractivity contribution in [2.75, 3.05) is 6.61 Å². The summed E-state index contributed by atoms with van der Waals surface area (Å²) in [6.45, 7) is 3.73. The normalized spacial score (nSPS) is 14.5. The lowest BCUT2D eigenvalue weighted by Gasteiger charge is -2.22. The van der Waals surface area contributed by atoms with E-state index in [0.29, 0.717) is 17.7 Å². The lowest BCUT2D eigenvalue weighted by Crippen LogP contribution is -2.36. The summed E-state index contributed by atoms with van der Waals surface area (Å²) in [5.74, 6) is -1.34. The highest BCUT2D eigenvalue weighted by atomic mass is 19.1. The van der Waals surface area contributed by atoms with Gasteiger partial charge in [-0.1, -0.05) is 31.2 Å². The van der Waals surface area contributed by atoms with Gasteiger partial charge in [-0.15, -0.1) is 4.73 Å². The van der Waals surface area contributed by atoms with Crippen molar-refractivity contribution in [1.29, 1.82) is 0 Å². The highest BCUT2D eigenvalue weighted by molar-refractivity contribution is 6.08. The maximum atomic E-state index is 14.6. The molecule has 7 heteroatoms. The van der Waals surface area contributed by atoms with Crippen LogP contribution in [0.5, 0.6) is 0 Å². The smallest absolute Gasteiger partial charge is 0.294 e. The number of rotatable bonds is 7. The van der Waals surface area contributed by atoms with Crippen LogP contribution in [0.3, 0.4) is 0 Å². The quantitative estimate of drug-likeness (QED) is 0.613. The van der Waals surface area contributed by atoms with E-state index in [4.69, 9.17) is 4.84 Å². The summed E-state index contributed by atoms with van der Waals surface area (Å²) in [5, 5.41) is 3.03. The van der Waals surface area contributed by atoms with Gasteiger partial charge in [0.1, 0.15) is 18.2 Å². The number of aromatic nitrogens is 1. The molecule has 1 atom stereocenters. The SMILES string of the molecule is CCCOn1c(C)c(C(=O)N[C@H](c2cccc(F)c2)C2CC2)c2cccc(F)c2c1=O. The summed E-state index contributed by atoms with van der Waals surface area (Å²) in [7, 11) is 0. The molecular weight excluding hydrogens is 402 g/mol. The molecule has 0 bridgehead atoms. The summed E-state index contributed by atoms with van der Waals surface area (Å²) >= 11 is 0. The van der Waals surface area contributed by atoms with Crippen molar-refractivity contribution in [2.45, 2.75) is 39.2 Å².